The number of carboxylic acid groups (broad SMARTS) is 1. The molecule has 1 heterocycles. The Bertz CT molecular complexity index is 1700. The summed E-state index contributed by atoms with van der Waals surface area (Å²) in [6.45, 7) is 0.193. The Morgan fingerprint density at radius 3 is 2.23 bits per heavy atom. The summed E-state index contributed by atoms with van der Waals surface area (Å²) in [5, 5.41) is 13.3. The number of para-hydroxylation sites is 1. The molecule has 0 aliphatic rings. The number of rotatable bonds is 11. The van der Waals surface area contributed by atoms with Crippen LogP contribution in [0.5, 0.6) is 0 Å². The maximum Gasteiger partial charge on any atom is 0.327 e. The molecule has 0 aliphatic carbocycles. The van der Waals surface area contributed by atoms with Crippen LogP contribution in [0.1, 0.15) is 19.3 Å². The molecule has 11 heteroatoms. The van der Waals surface area contributed by atoms with Crippen molar-refractivity contribution in [3.63, 3.8) is 0 Å². The molecule has 0 saturated carbocycles. The lowest BCUT2D eigenvalue weighted by molar-refractivity contribution is -0.138. The monoisotopic (exact) mass is 566 g/mol. The van der Waals surface area contributed by atoms with Crippen molar-refractivity contribution in [3.8, 4) is 0 Å². The number of unbranched alkanes of at least 4 members (excludes halogenated alkanes) is 1. The van der Waals surface area contributed by atoms with Gasteiger partial charge in [-0.2, -0.15) is 0 Å². The number of carboxylic acids is 1. The second kappa shape index (κ2) is 11.5. The van der Waals surface area contributed by atoms with Crippen LogP contribution in [0.15, 0.2) is 89.3 Å². The molecule has 5 rings (SSSR count). The van der Waals surface area contributed by atoms with E-state index in [-0.39, 0.29) is 18.7 Å². The van der Waals surface area contributed by atoms with Crippen LogP contribution in [0.2, 0.25) is 0 Å². The van der Waals surface area contributed by atoms with E-state index in [1.807, 2.05) is 60.7 Å². The zero-order chi connectivity index (χ0) is 27.5. The SMILES string of the molecule is O=C(O)C(CCCCN(c1cccc2ccccc12)S(=O)O)N(c1ccc2oc3ccccc3c2c1)S(=O)O. The highest BCUT2D eigenvalue weighted by Crippen LogP contribution is 2.33. The van der Waals surface area contributed by atoms with Gasteiger partial charge in [-0.3, -0.25) is 17.7 Å². The first-order chi connectivity index (χ1) is 18.8. The minimum Gasteiger partial charge on any atom is -0.480 e. The molecular weight excluding hydrogens is 540 g/mol. The van der Waals surface area contributed by atoms with Crippen LogP contribution in [0.3, 0.4) is 0 Å². The Morgan fingerprint density at radius 2 is 1.49 bits per heavy atom. The van der Waals surface area contributed by atoms with Gasteiger partial charge in [0.25, 0.3) is 22.5 Å². The van der Waals surface area contributed by atoms with Crippen LogP contribution in [-0.4, -0.2) is 41.2 Å². The van der Waals surface area contributed by atoms with Crippen molar-refractivity contribution in [1.82, 2.24) is 0 Å². The van der Waals surface area contributed by atoms with Crippen molar-refractivity contribution in [3.05, 3.63) is 84.9 Å². The second-order valence-electron chi connectivity index (χ2n) is 9.02. The fourth-order valence-corrected chi connectivity index (χ4v) is 6.19. The van der Waals surface area contributed by atoms with Gasteiger partial charge >= 0.3 is 5.97 Å². The predicted octanol–water partition coefficient (Wildman–Crippen LogP) is 5.95. The Balaban J connectivity index is 1.34. The van der Waals surface area contributed by atoms with Crippen LogP contribution in [0.25, 0.3) is 32.7 Å². The molecule has 0 amide bonds. The fraction of sp³-hybridized carbons (Fsp3) is 0.179. The molecule has 3 atom stereocenters. The normalized spacial score (nSPS) is 13.9. The van der Waals surface area contributed by atoms with E-state index in [0.717, 1.165) is 20.5 Å². The van der Waals surface area contributed by atoms with Crippen LogP contribution in [0, 0.1) is 0 Å². The predicted molar refractivity (Wildman–Crippen MR) is 154 cm³/mol. The first-order valence-electron chi connectivity index (χ1n) is 12.3. The smallest absolute Gasteiger partial charge is 0.327 e. The molecule has 39 heavy (non-hydrogen) atoms. The van der Waals surface area contributed by atoms with Gasteiger partial charge < -0.3 is 9.52 Å². The maximum absolute atomic E-state index is 12.4. The lowest BCUT2D eigenvalue weighted by Gasteiger charge is -2.27. The number of hydrogen-bond acceptors (Lipinski definition) is 4. The minimum absolute atomic E-state index is 0.0489. The zero-order valence-corrected chi connectivity index (χ0v) is 22.3. The third-order valence-electron chi connectivity index (χ3n) is 6.66. The van der Waals surface area contributed by atoms with Gasteiger partial charge in [0.2, 0.25) is 0 Å². The number of benzene rings is 4. The van der Waals surface area contributed by atoms with Crippen molar-refractivity contribution in [1.29, 1.82) is 0 Å². The average Bonchev–Trinajstić information content (AvgIpc) is 3.29. The van der Waals surface area contributed by atoms with Crippen molar-refractivity contribution in [2.75, 3.05) is 15.2 Å². The van der Waals surface area contributed by atoms with E-state index < -0.39 is 34.5 Å². The Labute approximate surface area is 229 Å². The molecule has 3 unspecified atom stereocenters. The highest BCUT2D eigenvalue weighted by molar-refractivity contribution is 7.81. The Morgan fingerprint density at radius 1 is 0.795 bits per heavy atom. The highest BCUT2D eigenvalue weighted by atomic mass is 32.2. The second-order valence-corrected chi connectivity index (χ2v) is 10.8. The standard InChI is InChI=1S/C28H26N2O7S2/c31-28(32)25(12-5-6-17-29(38(33)34)24-13-7-9-19-8-1-2-10-21(19)24)30(39(35)36)20-15-16-27-23(18-20)22-11-3-4-14-26(22)37-27/h1-4,7-11,13-16,18,25H,5-6,12,17H2,(H,31,32)(H,33,34)(H,35,36). The third-order valence-corrected chi connectivity index (χ3v) is 8.22. The van der Waals surface area contributed by atoms with Gasteiger partial charge in [-0.05, 0) is 55.0 Å². The Kier molecular flexibility index (Phi) is 7.94. The zero-order valence-electron chi connectivity index (χ0n) is 20.7. The van der Waals surface area contributed by atoms with Gasteiger partial charge in [0.1, 0.15) is 17.2 Å². The lowest BCUT2D eigenvalue weighted by Crippen LogP contribution is -2.42. The molecule has 0 bridgehead atoms. The van der Waals surface area contributed by atoms with E-state index in [4.69, 9.17) is 4.42 Å². The summed E-state index contributed by atoms with van der Waals surface area (Å²) in [7, 11) is 0. The average molecular weight is 567 g/mol. The summed E-state index contributed by atoms with van der Waals surface area (Å²) < 4.78 is 52.8. The molecule has 0 spiro atoms. The molecule has 1 aromatic heterocycles. The van der Waals surface area contributed by atoms with Gasteiger partial charge in [-0.1, -0.05) is 54.6 Å². The largest absolute Gasteiger partial charge is 0.480 e. The number of furan rings is 1. The van der Waals surface area contributed by atoms with E-state index >= 15 is 0 Å². The molecule has 0 radical (unpaired) electrons. The summed E-state index contributed by atoms with van der Waals surface area (Å²) in [5.41, 5.74) is 2.12. The maximum atomic E-state index is 12.4. The van der Waals surface area contributed by atoms with Gasteiger partial charge in [-0.15, -0.1) is 0 Å². The van der Waals surface area contributed by atoms with Crippen LogP contribution in [-0.2, 0) is 27.3 Å². The van der Waals surface area contributed by atoms with E-state index in [0.29, 0.717) is 35.1 Å². The van der Waals surface area contributed by atoms with Gasteiger partial charge in [0, 0.05) is 22.7 Å². The quantitative estimate of drug-likeness (QED) is 0.133. The molecule has 9 nitrogen and oxygen atoms in total. The Hall–Kier alpha value is -3.77. The van der Waals surface area contributed by atoms with Crippen molar-refractivity contribution in [2.24, 2.45) is 0 Å². The van der Waals surface area contributed by atoms with Crippen molar-refractivity contribution in [2.45, 2.75) is 25.3 Å². The number of aliphatic carboxylic acids is 1. The van der Waals surface area contributed by atoms with E-state index in [1.165, 1.54) is 4.31 Å². The van der Waals surface area contributed by atoms with Crippen LogP contribution < -0.4 is 8.61 Å². The summed E-state index contributed by atoms with van der Waals surface area (Å²) in [6, 6.07) is 24.0. The summed E-state index contributed by atoms with van der Waals surface area (Å²) >= 11 is -4.90. The third kappa shape index (κ3) is 5.52. The molecule has 3 N–H and O–H groups in total. The van der Waals surface area contributed by atoms with E-state index in [9.17, 15) is 27.4 Å². The van der Waals surface area contributed by atoms with Crippen molar-refractivity contribution >= 4 is 72.6 Å². The number of nitrogens with zero attached hydrogens (tertiary/aromatic N) is 2. The van der Waals surface area contributed by atoms with Crippen molar-refractivity contribution < 1.29 is 31.8 Å². The number of hydrogen-bond donors (Lipinski definition) is 3. The molecule has 202 valence electrons. The van der Waals surface area contributed by atoms with Gasteiger partial charge in [0.05, 0.1) is 11.4 Å². The van der Waals surface area contributed by atoms with E-state index in [1.54, 1.807) is 24.3 Å². The van der Waals surface area contributed by atoms with Gasteiger partial charge in [-0.25, -0.2) is 13.2 Å². The van der Waals surface area contributed by atoms with E-state index in [2.05, 4.69) is 0 Å². The summed E-state index contributed by atoms with van der Waals surface area (Å²) in [6.07, 6.45) is 0.768. The summed E-state index contributed by atoms with van der Waals surface area (Å²) in [4.78, 5) is 12.2. The molecular formula is C28H26N2O7S2. The van der Waals surface area contributed by atoms with Crippen LogP contribution in [0.4, 0.5) is 11.4 Å². The molecule has 0 aliphatic heterocycles. The topological polar surface area (TPSA) is 132 Å². The number of anilines is 2. The molecule has 5 aromatic rings. The molecule has 0 saturated heterocycles. The highest BCUT2D eigenvalue weighted by Gasteiger charge is 2.30. The van der Waals surface area contributed by atoms with Gasteiger partial charge in [0.15, 0.2) is 0 Å². The number of fused-ring (bicyclic) bond motifs is 4. The molecule has 4 aromatic carbocycles. The lowest BCUT2D eigenvalue weighted by atomic mass is 10.1. The first kappa shape index (κ1) is 26.8. The fourth-order valence-electron chi connectivity index (χ4n) is 4.87. The minimum atomic E-state index is -2.61. The van der Waals surface area contributed by atoms with Crippen LogP contribution >= 0.6 is 0 Å². The molecule has 0 fully saturated rings. The summed E-state index contributed by atoms with van der Waals surface area (Å²) in [5.74, 6) is -1.24. The first-order valence-corrected chi connectivity index (χ1v) is 14.4. The number of carbonyl (C=O) groups is 1.